The first kappa shape index (κ1) is 11.2. The van der Waals surface area contributed by atoms with Gasteiger partial charge in [-0.3, -0.25) is 10.5 Å². The van der Waals surface area contributed by atoms with Gasteiger partial charge in [-0.2, -0.15) is 5.10 Å². The van der Waals surface area contributed by atoms with Crippen molar-refractivity contribution in [2.24, 2.45) is 12.9 Å². The summed E-state index contributed by atoms with van der Waals surface area (Å²) in [5.41, 5.74) is 6.44. The molecule has 0 bridgehead atoms. The molecule has 3 N–H and O–H groups in total. The van der Waals surface area contributed by atoms with E-state index in [1.54, 1.807) is 22.2 Å². The van der Waals surface area contributed by atoms with Crippen LogP contribution in [0.4, 0.5) is 5.69 Å². The summed E-state index contributed by atoms with van der Waals surface area (Å²) in [6.07, 6.45) is 1.76. The number of rotatable bonds is 2. The Kier molecular flexibility index (Phi) is 2.53. The molecule has 0 spiro atoms. The molecule has 0 aromatic carbocycles. The van der Waals surface area contributed by atoms with Gasteiger partial charge in [-0.15, -0.1) is 11.3 Å². The summed E-state index contributed by atoms with van der Waals surface area (Å²) < 4.78 is 2.88. The van der Waals surface area contributed by atoms with E-state index in [1.807, 2.05) is 19.2 Å². The van der Waals surface area contributed by atoms with Gasteiger partial charge in [0, 0.05) is 18.1 Å². The molecule has 3 aromatic heterocycles. The zero-order valence-electron chi connectivity index (χ0n) is 10.1. The zero-order valence-corrected chi connectivity index (χ0v) is 11.0. The van der Waals surface area contributed by atoms with Crippen molar-refractivity contribution in [3.05, 3.63) is 29.3 Å². The molecule has 0 saturated heterocycles. The van der Waals surface area contributed by atoms with Gasteiger partial charge in [0.2, 0.25) is 0 Å². The normalized spacial score (nSPS) is 11.1. The van der Waals surface area contributed by atoms with E-state index in [0.29, 0.717) is 0 Å². The van der Waals surface area contributed by atoms with Crippen LogP contribution in [0.15, 0.2) is 24.4 Å². The minimum absolute atomic E-state index is 0.869. The lowest BCUT2D eigenvalue weighted by Gasteiger charge is -2.06. The van der Waals surface area contributed by atoms with Crippen molar-refractivity contribution in [2.75, 3.05) is 5.43 Å². The number of thiophene rings is 1. The number of anilines is 1. The molecule has 3 rings (SSSR count). The fraction of sp³-hybridized carbons (Fsp3) is 0.167. The lowest BCUT2D eigenvalue weighted by molar-refractivity contribution is 0.774. The quantitative estimate of drug-likeness (QED) is 0.547. The van der Waals surface area contributed by atoms with Gasteiger partial charge in [-0.05, 0) is 25.1 Å². The van der Waals surface area contributed by atoms with Crippen molar-refractivity contribution in [3.8, 4) is 11.4 Å². The largest absolute Gasteiger partial charge is 0.323 e. The maximum Gasteiger partial charge on any atom is 0.0912 e. The standard InChI is InChI=1S/C12H13N5S/c1-7-5-9-12(18-7)10(16-13)6-8(15-9)11-3-4-14-17(11)2/h3-6H,13H2,1-2H3,(H,15,16). The highest BCUT2D eigenvalue weighted by Crippen LogP contribution is 2.33. The minimum Gasteiger partial charge on any atom is -0.323 e. The Balaban J connectivity index is 2.28. The van der Waals surface area contributed by atoms with Crippen LogP contribution in [0.1, 0.15) is 4.88 Å². The third kappa shape index (κ3) is 1.66. The van der Waals surface area contributed by atoms with Gasteiger partial charge in [0.25, 0.3) is 0 Å². The molecule has 18 heavy (non-hydrogen) atoms. The third-order valence-corrected chi connectivity index (χ3v) is 3.91. The number of nitrogens with one attached hydrogen (secondary N) is 1. The van der Waals surface area contributed by atoms with E-state index in [2.05, 4.69) is 28.5 Å². The van der Waals surface area contributed by atoms with Gasteiger partial charge in [-0.1, -0.05) is 0 Å². The van der Waals surface area contributed by atoms with Crippen molar-refractivity contribution in [3.63, 3.8) is 0 Å². The molecule has 0 aliphatic heterocycles. The van der Waals surface area contributed by atoms with Crippen LogP contribution in [0.5, 0.6) is 0 Å². The highest BCUT2D eigenvalue weighted by atomic mass is 32.1. The first-order chi connectivity index (χ1) is 8.69. The molecule has 0 aliphatic carbocycles. The van der Waals surface area contributed by atoms with Crippen LogP contribution in [0.3, 0.4) is 0 Å². The molecular formula is C12H13N5S. The summed E-state index contributed by atoms with van der Waals surface area (Å²) in [4.78, 5) is 5.88. The summed E-state index contributed by atoms with van der Waals surface area (Å²) in [7, 11) is 1.90. The second-order valence-electron chi connectivity index (χ2n) is 4.11. The van der Waals surface area contributed by atoms with Crippen molar-refractivity contribution in [1.29, 1.82) is 0 Å². The SMILES string of the molecule is Cc1cc2nc(-c3ccnn3C)cc(NN)c2s1. The number of aromatic nitrogens is 3. The Bertz CT molecular complexity index is 712. The van der Waals surface area contributed by atoms with Crippen LogP contribution in [-0.4, -0.2) is 14.8 Å². The Morgan fingerprint density at radius 2 is 2.22 bits per heavy atom. The smallest absolute Gasteiger partial charge is 0.0912 e. The summed E-state index contributed by atoms with van der Waals surface area (Å²) in [6, 6.07) is 5.96. The molecule has 6 heteroatoms. The van der Waals surface area contributed by atoms with E-state index >= 15 is 0 Å². The predicted molar refractivity (Wildman–Crippen MR) is 74.4 cm³/mol. The Morgan fingerprint density at radius 3 is 2.89 bits per heavy atom. The monoisotopic (exact) mass is 259 g/mol. The molecule has 0 fully saturated rings. The van der Waals surface area contributed by atoms with Crippen molar-refractivity contribution >= 4 is 27.2 Å². The lowest BCUT2D eigenvalue weighted by atomic mass is 10.2. The summed E-state index contributed by atoms with van der Waals surface area (Å²) in [6.45, 7) is 2.07. The van der Waals surface area contributed by atoms with E-state index < -0.39 is 0 Å². The number of hydrazine groups is 1. The Morgan fingerprint density at radius 1 is 1.39 bits per heavy atom. The molecule has 5 nitrogen and oxygen atoms in total. The second-order valence-corrected chi connectivity index (χ2v) is 5.37. The molecule has 92 valence electrons. The number of hydrogen-bond acceptors (Lipinski definition) is 5. The second kappa shape index (κ2) is 4.08. The fourth-order valence-electron chi connectivity index (χ4n) is 2.00. The van der Waals surface area contributed by atoms with Crippen LogP contribution in [0.25, 0.3) is 21.6 Å². The number of aryl methyl sites for hydroxylation is 2. The number of pyridine rings is 1. The van der Waals surface area contributed by atoms with Crippen molar-refractivity contribution in [2.45, 2.75) is 6.92 Å². The molecule has 0 aliphatic rings. The Labute approximate surface area is 108 Å². The third-order valence-electron chi connectivity index (χ3n) is 2.84. The molecule has 0 radical (unpaired) electrons. The highest BCUT2D eigenvalue weighted by molar-refractivity contribution is 7.19. The van der Waals surface area contributed by atoms with Gasteiger partial charge in [0.1, 0.15) is 0 Å². The van der Waals surface area contributed by atoms with Crippen LogP contribution < -0.4 is 11.3 Å². The molecule has 0 atom stereocenters. The van der Waals surface area contributed by atoms with E-state index in [1.165, 1.54) is 4.88 Å². The average Bonchev–Trinajstić information content (AvgIpc) is 2.92. The molecular weight excluding hydrogens is 246 g/mol. The van der Waals surface area contributed by atoms with Crippen LogP contribution >= 0.6 is 11.3 Å². The molecule has 3 aromatic rings. The minimum atomic E-state index is 0.869. The first-order valence-corrected chi connectivity index (χ1v) is 6.37. The van der Waals surface area contributed by atoms with Gasteiger partial charge >= 0.3 is 0 Å². The van der Waals surface area contributed by atoms with E-state index in [-0.39, 0.29) is 0 Å². The van der Waals surface area contributed by atoms with Gasteiger partial charge < -0.3 is 5.43 Å². The number of hydrogen-bond donors (Lipinski definition) is 2. The Hall–Kier alpha value is -1.92. The number of fused-ring (bicyclic) bond motifs is 1. The van der Waals surface area contributed by atoms with Crippen LogP contribution in [0.2, 0.25) is 0 Å². The number of nitrogens with two attached hydrogens (primary N) is 1. The number of nitrogens with zero attached hydrogens (tertiary/aromatic N) is 3. The van der Waals surface area contributed by atoms with E-state index in [4.69, 9.17) is 5.84 Å². The van der Waals surface area contributed by atoms with Gasteiger partial charge in [-0.25, -0.2) is 4.98 Å². The van der Waals surface area contributed by atoms with Gasteiger partial charge in [0.05, 0.1) is 27.3 Å². The van der Waals surface area contributed by atoms with Gasteiger partial charge in [0.15, 0.2) is 0 Å². The maximum atomic E-state index is 5.59. The lowest BCUT2D eigenvalue weighted by Crippen LogP contribution is -2.07. The highest BCUT2D eigenvalue weighted by Gasteiger charge is 2.11. The summed E-state index contributed by atoms with van der Waals surface area (Å²) in [5, 5.41) is 4.16. The fourth-order valence-corrected chi connectivity index (χ4v) is 2.93. The maximum absolute atomic E-state index is 5.59. The van der Waals surface area contributed by atoms with Crippen LogP contribution in [-0.2, 0) is 7.05 Å². The molecule has 0 unspecified atom stereocenters. The molecule has 3 heterocycles. The summed E-state index contributed by atoms with van der Waals surface area (Å²) in [5.74, 6) is 5.59. The average molecular weight is 259 g/mol. The zero-order chi connectivity index (χ0) is 12.7. The van der Waals surface area contributed by atoms with Crippen molar-refractivity contribution in [1.82, 2.24) is 14.8 Å². The number of nitrogen functional groups attached to an aromatic ring is 1. The van der Waals surface area contributed by atoms with Crippen LogP contribution in [0, 0.1) is 6.92 Å². The van der Waals surface area contributed by atoms with Crippen molar-refractivity contribution < 1.29 is 0 Å². The molecule has 0 amide bonds. The van der Waals surface area contributed by atoms with E-state index in [0.717, 1.165) is 27.3 Å². The predicted octanol–water partition coefficient (Wildman–Crippen LogP) is 2.29. The first-order valence-electron chi connectivity index (χ1n) is 5.55. The van der Waals surface area contributed by atoms with E-state index in [9.17, 15) is 0 Å². The molecule has 0 saturated carbocycles. The topological polar surface area (TPSA) is 68.8 Å². The summed E-state index contributed by atoms with van der Waals surface area (Å²) >= 11 is 1.69.